The Kier molecular flexibility index (Phi) is 6.28. The number of amides is 1. The second-order valence-electron chi connectivity index (χ2n) is 5.33. The van der Waals surface area contributed by atoms with Crippen LogP contribution in [0.1, 0.15) is 10.4 Å². The number of carbonyl (C=O) groups excluding carboxylic acids is 1. The van der Waals surface area contributed by atoms with Gasteiger partial charge in [-0.2, -0.15) is 0 Å². The lowest BCUT2D eigenvalue weighted by molar-refractivity contribution is 0.0952. The molecule has 0 radical (unpaired) electrons. The maximum atomic E-state index is 12.4. The molecule has 0 aromatic heterocycles. The third-order valence-electron chi connectivity index (χ3n) is 3.24. The van der Waals surface area contributed by atoms with E-state index in [0.717, 1.165) is 6.54 Å². The maximum Gasteiger partial charge on any atom is 0.253 e. The van der Waals surface area contributed by atoms with Gasteiger partial charge in [-0.3, -0.25) is 4.79 Å². The molecule has 2 aromatic rings. The molecular formula is C17H19Cl2N3O. The van der Waals surface area contributed by atoms with Crippen LogP contribution in [-0.2, 0) is 0 Å². The zero-order valence-corrected chi connectivity index (χ0v) is 14.6. The van der Waals surface area contributed by atoms with Crippen LogP contribution in [0, 0.1) is 0 Å². The Balaban J connectivity index is 2.19. The molecule has 0 atom stereocenters. The van der Waals surface area contributed by atoms with Crippen molar-refractivity contribution in [2.24, 2.45) is 0 Å². The van der Waals surface area contributed by atoms with Crippen molar-refractivity contribution in [2.75, 3.05) is 32.5 Å². The van der Waals surface area contributed by atoms with E-state index in [2.05, 4.69) is 10.6 Å². The lowest BCUT2D eigenvalue weighted by Gasteiger charge is -2.15. The molecule has 0 aliphatic heterocycles. The number of rotatable bonds is 6. The van der Waals surface area contributed by atoms with E-state index in [-0.39, 0.29) is 5.91 Å². The van der Waals surface area contributed by atoms with Crippen LogP contribution < -0.4 is 10.6 Å². The first kappa shape index (κ1) is 17.6. The van der Waals surface area contributed by atoms with Gasteiger partial charge in [0.05, 0.1) is 27.0 Å². The quantitative estimate of drug-likeness (QED) is 0.825. The molecule has 0 unspecified atom stereocenters. The number of hydrogen-bond donors (Lipinski definition) is 2. The van der Waals surface area contributed by atoms with Crippen LogP contribution in [0.4, 0.5) is 11.4 Å². The van der Waals surface area contributed by atoms with E-state index >= 15 is 0 Å². The van der Waals surface area contributed by atoms with Crippen LogP contribution in [0.25, 0.3) is 0 Å². The number of carbonyl (C=O) groups is 1. The van der Waals surface area contributed by atoms with Crippen LogP contribution in [0.3, 0.4) is 0 Å². The van der Waals surface area contributed by atoms with Crippen molar-refractivity contribution < 1.29 is 4.79 Å². The molecule has 0 spiro atoms. The third-order valence-corrected chi connectivity index (χ3v) is 3.87. The summed E-state index contributed by atoms with van der Waals surface area (Å²) in [5.74, 6) is -0.141. The Morgan fingerprint density at radius 2 is 1.70 bits per heavy atom. The Bertz CT molecular complexity index is 669. The lowest BCUT2D eigenvalue weighted by atomic mass is 10.1. The summed E-state index contributed by atoms with van der Waals surface area (Å²) in [7, 11) is 3.92. The smallest absolute Gasteiger partial charge is 0.253 e. The summed E-state index contributed by atoms with van der Waals surface area (Å²) in [4.78, 5) is 14.4. The highest BCUT2D eigenvalue weighted by molar-refractivity contribution is 6.39. The van der Waals surface area contributed by atoms with Gasteiger partial charge < -0.3 is 15.5 Å². The van der Waals surface area contributed by atoms with Crippen molar-refractivity contribution >= 4 is 40.5 Å². The SMILES string of the molecule is CN(C)CCNC(=O)c1ccccc1Nc1c(Cl)cccc1Cl. The first-order chi connectivity index (χ1) is 11.0. The molecule has 122 valence electrons. The summed E-state index contributed by atoms with van der Waals surface area (Å²) in [6.45, 7) is 1.35. The average Bonchev–Trinajstić information content (AvgIpc) is 2.51. The number of likely N-dealkylation sites (N-methyl/N-ethyl adjacent to an activating group) is 1. The number of hydrogen-bond acceptors (Lipinski definition) is 3. The largest absolute Gasteiger partial charge is 0.352 e. The summed E-state index contributed by atoms with van der Waals surface area (Å²) in [6, 6.07) is 12.5. The van der Waals surface area contributed by atoms with Gasteiger partial charge in [0.2, 0.25) is 0 Å². The summed E-state index contributed by atoms with van der Waals surface area (Å²) in [5.41, 5.74) is 1.79. The molecule has 0 aliphatic rings. The van der Waals surface area contributed by atoms with Crippen LogP contribution >= 0.6 is 23.2 Å². The summed E-state index contributed by atoms with van der Waals surface area (Å²) in [5, 5.41) is 7.05. The molecule has 0 saturated heterocycles. The van der Waals surface area contributed by atoms with Crippen molar-refractivity contribution in [2.45, 2.75) is 0 Å². The second-order valence-corrected chi connectivity index (χ2v) is 6.14. The standard InChI is InChI=1S/C17H19Cl2N3O/c1-22(2)11-10-20-17(23)12-6-3-4-9-15(12)21-16-13(18)7-5-8-14(16)19/h3-9,21H,10-11H2,1-2H3,(H,20,23). The topological polar surface area (TPSA) is 44.4 Å². The number of para-hydroxylation sites is 2. The van der Waals surface area contributed by atoms with Crippen LogP contribution in [0.15, 0.2) is 42.5 Å². The Morgan fingerprint density at radius 3 is 2.35 bits per heavy atom. The first-order valence-corrected chi connectivity index (χ1v) is 7.97. The van der Waals surface area contributed by atoms with Crippen molar-refractivity contribution in [1.29, 1.82) is 0 Å². The molecule has 0 heterocycles. The zero-order valence-electron chi connectivity index (χ0n) is 13.1. The summed E-state index contributed by atoms with van der Waals surface area (Å²) < 4.78 is 0. The molecule has 23 heavy (non-hydrogen) atoms. The summed E-state index contributed by atoms with van der Waals surface area (Å²) >= 11 is 12.4. The fraction of sp³-hybridized carbons (Fsp3) is 0.235. The monoisotopic (exact) mass is 351 g/mol. The minimum atomic E-state index is -0.141. The van der Waals surface area contributed by atoms with Gasteiger partial charge in [-0.05, 0) is 38.4 Å². The van der Waals surface area contributed by atoms with E-state index in [9.17, 15) is 4.79 Å². The van der Waals surface area contributed by atoms with Crippen molar-refractivity contribution in [3.8, 4) is 0 Å². The van der Waals surface area contributed by atoms with Crippen molar-refractivity contribution in [3.05, 3.63) is 58.1 Å². The van der Waals surface area contributed by atoms with E-state index in [1.54, 1.807) is 24.3 Å². The van der Waals surface area contributed by atoms with Gasteiger partial charge in [0.15, 0.2) is 0 Å². The van der Waals surface area contributed by atoms with Crippen molar-refractivity contribution in [3.63, 3.8) is 0 Å². The highest BCUT2D eigenvalue weighted by atomic mass is 35.5. The van der Waals surface area contributed by atoms with Gasteiger partial charge in [0.25, 0.3) is 5.91 Å². The normalized spacial score (nSPS) is 10.7. The fourth-order valence-corrected chi connectivity index (χ4v) is 2.52. The maximum absolute atomic E-state index is 12.4. The predicted molar refractivity (Wildman–Crippen MR) is 97.1 cm³/mol. The van der Waals surface area contributed by atoms with Crippen LogP contribution in [-0.4, -0.2) is 38.0 Å². The second kappa shape index (κ2) is 8.20. The molecule has 0 bridgehead atoms. The van der Waals surface area contributed by atoms with Gasteiger partial charge in [-0.15, -0.1) is 0 Å². The van der Waals surface area contributed by atoms with E-state index in [1.165, 1.54) is 0 Å². The van der Waals surface area contributed by atoms with Gasteiger partial charge >= 0.3 is 0 Å². The highest BCUT2D eigenvalue weighted by Crippen LogP contribution is 2.33. The number of nitrogens with zero attached hydrogens (tertiary/aromatic N) is 1. The van der Waals surface area contributed by atoms with Gasteiger partial charge in [-0.25, -0.2) is 0 Å². The van der Waals surface area contributed by atoms with E-state index in [4.69, 9.17) is 23.2 Å². The number of nitrogens with one attached hydrogen (secondary N) is 2. The van der Waals surface area contributed by atoms with Gasteiger partial charge in [0, 0.05) is 13.1 Å². The molecule has 2 N–H and O–H groups in total. The van der Waals surface area contributed by atoms with Crippen LogP contribution in [0.2, 0.25) is 10.0 Å². The molecule has 0 fully saturated rings. The highest BCUT2D eigenvalue weighted by Gasteiger charge is 2.13. The molecule has 2 rings (SSSR count). The predicted octanol–water partition coefficient (Wildman–Crippen LogP) is 4.03. The lowest BCUT2D eigenvalue weighted by Crippen LogP contribution is -2.31. The molecule has 0 aliphatic carbocycles. The Morgan fingerprint density at radius 1 is 1.04 bits per heavy atom. The Hall–Kier alpha value is -1.75. The molecule has 6 heteroatoms. The fourth-order valence-electron chi connectivity index (χ4n) is 2.03. The molecule has 0 saturated carbocycles. The molecule has 1 amide bonds. The number of halogens is 2. The Labute approximate surface area is 146 Å². The third kappa shape index (κ3) is 4.86. The average molecular weight is 352 g/mol. The van der Waals surface area contributed by atoms with E-state index < -0.39 is 0 Å². The molecule has 4 nitrogen and oxygen atoms in total. The summed E-state index contributed by atoms with van der Waals surface area (Å²) in [6.07, 6.45) is 0. The minimum absolute atomic E-state index is 0.141. The number of benzene rings is 2. The van der Waals surface area contributed by atoms with E-state index in [1.807, 2.05) is 37.2 Å². The zero-order chi connectivity index (χ0) is 16.8. The van der Waals surface area contributed by atoms with Crippen LogP contribution in [0.5, 0.6) is 0 Å². The van der Waals surface area contributed by atoms with E-state index in [0.29, 0.717) is 33.5 Å². The minimum Gasteiger partial charge on any atom is -0.352 e. The molecule has 2 aromatic carbocycles. The molecular weight excluding hydrogens is 333 g/mol. The van der Waals surface area contributed by atoms with Gasteiger partial charge in [0.1, 0.15) is 0 Å². The first-order valence-electron chi connectivity index (χ1n) is 7.22. The van der Waals surface area contributed by atoms with Crippen molar-refractivity contribution in [1.82, 2.24) is 10.2 Å². The van der Waals surface area contributed by atoms with Gasteiger partial charge in [-0.1, -0.05) is 41.4 Å². The number of anilines is 2.